The molecule has 2 saturated carbocycles. The zero-order chi connectivity index (χ0) is 19.3. The molecule has 3 aliphatic rings. The van der Waals surface area contributed by atoms with Gasteiger partial charge < -0.3 is 26.6 Å². The van der Waals surface area contributed by atoms with Crippen molar-refractivity contribution >= 4 is 20.2 Å². The van der Waals surface area contributed by atoms with Crippen LogP contribution < -0.4 is 26.6 Å². The maximum atomic E-state index is 4.80. The third-order valence-corrected chi connectivity index (χ3v) is 6.18. The molecule has 4 unspecified atom stereocenters. The Labute approximate surface area is 180 Å². The van der Waals surface area contributed by atoms with Crippen molar-refractivity contribution in [3.63, 3.8) is 0 Å². The molecule has 3 fully saturated rings. The maximum absolute atomic E-state index is 4.80. The van der Waals surface area contributed by atoms with E-state index in [2.05, 4.69) is 33.5 Å². The summed E-state index contributed by atoms with van der Waals surface area (Å²) in [4.78, 5) is 0. The van der Waals surface area contributed by atoms with Crippen molar-refractivity contribution in [1.29, 1.82) is 0 Å². The number of hydrogen-bond donors (Lipinski definition) is 5. The fourth-order valence-corrected chi connectivity index (χ4v) is 4.73. The first kappa shape index (κ1) is 24.2. The monoisotopic (exact) mass is 462 g/mol. The zero-order valence-electron chi connectivity index (χ0n) is 16.7. The van der Waals surface area contributed by atoms with Gasteiger partial charge >= 0.3 is 33.3 Å². The second-order valence-electron chi connectivity index (χ2n) is 8.17. The van der Waals surface area contributed by atoms with Gasteiger partial charge in [-0.25, -0.2) is 0 Å². The Morgan fingerprint density at radius 3 is 1.33 bits per heavy atom. The summed E-state index contributed by atoms with van der Waals surface area (Å²) in [6.45, 7) is 7.73. The van der Waals surface area contributed by atoms with Crippen LogP contribution in [0.5, 0.6) is 0 Å². The molecule has 0 bridgehead atoms. The Kier molecular flexibility index (Phi) is 13.3. The van der Waals surface area contributed by atoms with Crippen LogP contribution >= 0.6 is 20.2 Å². The van der Waals surface area contributed by atoms with Crippen molar-refractivity contribution in [1.82, 2.24) is 26.6 Å². The van der Waals surface area contributed by atoms with E-state index in [1.54, 1.807) is 0 Å². The van der Waals surface area contributed by atoms with E-state index in [4.69, 9.17) is 20.2 Å². The first-order valence-corrected chi connectivity index (χ1v) is 14.0. The molecule has 0 aromatic rings. The number of nitrogens with one attached hydrogen (secondary N) is 5. The van der Waals surface area contributed by atoms with Crippen molar-refractivity contribution in [2.24, 2.45) is 0 Å². The third-order valence-electron chi connectivity index (χ3n) is 6.18. The minimum absolute atomic E-state index is 0.00694. The average molecular weight is 463 g/mol. The van der Waals surface area contributed by atoms with Gasteiger partial charge in [0.25, 0.3) is 0 Å². The predicted molar refractivity (Wildman–Crippen MR) is 113 cm³/mol. The van der Waals surface area contributed by atoms with Crippen molar-refractivity contribution in [3.05, 3.63) is 0 Å². The molecule has 2 aliphatic carbocycles. The summed E-state index contributed by atoms with van der Waals surface area (Å²) in [5, 5.41) is 19.0. The Hall–Kier alpha value is 0.899. The predicted octanol–water partition coefficient (Wildman–Crippen LogP) is 2.34. The van der Waals surface area contributed by atoms with Gasteiger partial charge in [0, 0.05) is 62.9 Å². The second kappa shape index (κ2) is 14.8. The first-order valence-electron chi connectivity index (χ1n) is 10.8. The van der Waals surface area contributed by atoms with Crippen LogP contribution in [0.3, 0.4) is 0 Å². The first-order chi connectivity index (χ1) is 13.2. The molecule has 0 aromatic carbocycles. The van der Waals surface area contributed by atoms with Gasteiger partial charge in [-0.3, -0.25) is 0 Å². The van der Waals surface area contributed by atoms with Gasteiger partial charge in [-0.2, -0.15) is 0 Å². The summed E-state index contributed by atoms with van der Waals surface area (Å²) in [7, 11) is 9.59. The van der Waals surface area contributed by atoms with E-state index in [1.807, 2.05) is 0 Å². The average Bonchev–Trinajstić information content (AvgIpc) is 2.69. The SMILES string of the molecule is C[C@@H]1CNC2CCCCC2NCCNC2CCCCC2NCCN1.[Cl][Mn][Cl]. The number of halogens is 2. The summed E-state index contributed by atoms with van der Waals surface area (Å²) in [5.74, 6) is 0. The summed E-state index contributed by atoms with van der Waals surface area (Å²) in [6.07, 6.45) is 10.8. The van der Waals surface area contributed by atoms with Crippen LogP contribution in [-0.4, -0.2) is 62.9 Å². The van der Waals surface area contributed by atoms with Gasteiger partial charge in [0.05, 0.1) is 0 Å². The number of hydrogen-bond acceptors (Lipinski definition) is 5. The van der Waals surface area contributed by atoms with Crippen LogP contribution in [0.15, 0.2) is 0 Å². The normalized spacial score (nSPS) is 36.8. The molecular weight excluding hydrogens is 424 g/mol. The van der Waals surface area contributed by atoms with Crippen molar-refractivity contribution in [2.45, 2.75) is 88.5 Å². The molecule has 3 rings (SSSR count). The van der Waals surface area contributed by atoms with E-state index in [0.717, 1.165) is 32.7 Å². The van der Waals surface area contributed by atoms with E-state index < -0.39 is 0 Å². The van der Waals surface area contributed by atoms with E-state index >= 15 is 0 Å². The summed E-state index contributed by atoms with van der Waals surface area (Å²) < 4.78 is 0. The Morgan fingerprint density at radius 2 is 0.926 bits per heavy atom. The molecule has 0 radical (unpaired) electrons. The molecule has 0 aromatic heterocycles. The van der Waals surface area contributed by atoms with Crippen molar-refractivity contribution in [3.8, 4) is 0 Å². The fraction of sp³-hybridized carbons (Fsp3) is 1.00. The number of fused-ring (bicyclic) bond motifs is 2. The van der Waals surface area contributed by atoms with Crippen LogP contribution in [-0.2, 0) is 13.1 Å². The molecule has 8 heteroatoms. The van der Waals surface area contributed by atoms with Crippen LogP contribution in [0.2, 0.25) is 0 Å². The van der Waals surface area contributed by atoms with E-state index in [9.17, 15) is 0 Å². The van der Waals surface area contributed by atoms with E-state index in [0.29, 0.717) is 30.2 Å². The molecule has 5 atom stereocenters. The van der Waals surface area contributed by atoms with Crippen molar-refractivity contribution < 1.29 is 13.1 Å². The fourth-order valence-electron chi connectivity index (χ4n) is 4.73. The van der Waals surface area contributed by atoms with Gasteiger partial charge in [-0.1, -0.05) is 25.7 Å². The van der Waals surface area contributed by atoms with Gasteiger partial charge in [-0.15, -0.1) is 0 Å². The quantitative estimate of drug-likeness (QED) is 0.357. The van der Waals surface area contributed by atoms with Crippen LogP contribution in [0, 0.1) is 0 Å². The van der Waals surface area contributed by atoms with Gasteiger partial charge in [0.15, 0.2) is 0 Å². The van der Waals surface area contributed by atoms with Gasteiger partial charge in [0.1, 0.15) is 0 Å². The van der Waals surface area contributed by atoms with Crippen LogP contribution in [0.25, 0.3) is 0 Å². The Morgan fingerprint density at radius 1 is 0.593 bits per heavy atom. The standard InChI is InChI=1S/C19H39N5.2ClH.Mn/c1-15-14-24-19-9-5-4-8-18(19)23-13-12-22-17-7-3-2-6-16(17)21-11-10-20-15;;;/h15-24H,2-14H2,1H3;2*1H;/q;;;+2/p-2/t15-,16?,17?,18?,19?;;;/m1.../s1. The summed E-state index contributed by atoms with van der Waals surface area (Å²) >= 11 is 0.00694. The molecule has 0 spiro atoms. The summed E-state index contributed by atoms with van der Waals surface area (Å²) in [6, 6.07) is 3.15. The van der Waals surface area contributed by atoms with E-state index in [-0.39, 0.29) is 13.1 Å². The molecule has 1 saturated heterocycles. The zero-order valence-corrected chi connectivity index (χ0v) is 19.4. The van der Waals surface area contributed by atoms with E-state index in [1.165, 1.54) is 51.4 Å². The molecule has 1 aliphatic heterocycles. The topological polar surface area (TPSA) is 60.1 Å². The Bertz CT molecular complexity index is 380. The molecule has 27 heavy (non-hydrogen) atoms. The third kappa shape index (κ3) is 9.50. The van der Waals surface area contributed by atoms with Crippen molar-refractivity contribution in [2.75, 3.05) is 32.7 Å². The molecular formula is C19H39Cl2MnN5. The molecule has 5 N–H and O–H groups in total. The summed E-state index contributed by atoms with van der Waals surface area (Å²) in [5.41, 5.74) is 0. The minimum atomic E-state index is 0.00694. The molecule has 5 nitrogen and oxygen atoms in total. The number of rotatable bonds is 0. The van der Waals surface area contributed by atoms with Crippen LogP contribution in [0.1, 0.15) is 58.3 Å². The second-order valence-corrected chi connectivity index (χ2v) is 10.1. The molecule has 0 amide bonds. The Balaban J connectivity index is 0.000000817. The van der Waals surface area contributed by atoms with Gasteiger partial charge in [-0.05, 0) is 32.6 Å². The van der Waals surface area contributed by atoms with Crippen LogP contribution in [0.4, 0.5) is 0 Å². The van der Waals surface area contributed by atoms with Gasteiger partial charge in [0.2, 0.25) is 0 Å². The molecule has 161 valence electrons. The molecule has 1 heterocycles.